The van der Waals surface area contributed by atoms with E-state index in [-0.39, 0.29) is 11.8 Å². The van der Waals surface area contributed by atoms with Gasteiger partial charge in [0.05, 0.1) is 13.7 Å². The van der Waals surface area contributed by atoms with E-state index < -0.39 is 0 Å². The first-order valence-corrected chi connectivity index (χ1v) is 9.03. The van der Waals surface area contributed by atoms with Gasteiger partial charge in [-0.15, -0.1) is 0 Å². The first-order valence-electron chi connectivity index (χ1n) is 9.03. The summed E-state index contributed by atoms with van der Waals surface area (Å²) < 4.78 is 5.17. The fraction of sp³-hybridized carbons (Fsp3) is 0.333. The van der Waals surface area contributed by atoms with Crippen LogP contribution in [0.4, 0.5) is 11.4 Å². The molecule has 2 N–H and O–H groups in total. The molecule has 2 aromatic carbocycles. The summed E-state index contributed by atoms with van der Waals surface area (Å²) in [6, 6.07) is 15.1. The molecule has 2 aromatic rings. The number of hydrogen-bond donors (Lipinski definition) is 2. The summed E-state index contributed by atoms with van der Waals surface area (Å²) in [5.74, 6) is 0.663. The molecule has 0 saturated carbocycles. The number of ether oxygens (including phenoxy) is 1. The lowest BCUT2D eigenvalue weighted by atomic mass is 10.1. The highest BCUT2D eigenvalue weighted by Gasteiger charge is 2.10. The van der Waals surface area contributed by atoms with Crippen molar-refractivity contribution in [1.29, 1.82) is 0 Å². The van der Waals surface area contributed by atoms with E-state index >= 15 is 0 Å². The third kappa shape index (κ3) is 7.11. The van der Waals surface area contributed by atoms with Gasteiger partial charge in [-0.3, -0.25) is 14.5 Å². The Balaban J connectivity index is 1.82. The van der Waals surface area contributed by atoms with Crippen LogP contribution in [0.15, 0.2) is 48.5 Å². The van der Waals surface area contributed by atoms with Crippen LogP contribution in [0.25, 0.3) is 0 Å². The van der Waals surface area contributed by atoms with Crippen molar-refractivity contribution in [2.24, 2.45) is 0 Å². The molecule has 0 aliphatic heterocycles. The summed E-state index contributed by atoms with van der Waals surface area (Å²) >= 11 is 0. The lowest BCUT2D eigenvalue weighted by Gasteiger charge is -2.20. The van der Waals surface area contributed by atoms with Gasteiger partial charge in [-0.1, -0.05) is 19.1 Å². The third-order valence-electron chi connectivity index (χ3n) is 4.18. The smallest absolute Gasteiger partial charge is 0.238 e. The lowest BCUT2D eigenvalue weighted by Crippen LogP contribution is -2.34. The van der Waals surface area contributed by atoms with Gasteiger partial charge in [0.15, 0.2) is 0 Å². The number of anilines is 2. The highest BCUT2D eigenvalue weighted by molar-refractivity contribution is 5.93. The lowest BCUT2D eigenvalue weighted by molar-refractivity contribution is -0.117. The summed E-state index contributed by atoms with van der Waals surface area (Å²) in [6.45, 7) is 5.44. The monoisotopic (exact) mass is 369 g/mol. The Bertz CT molecular complexity index is 742. The fourth-order valence-electron chi connectivity index (χ4n) is 2.67. The number of nitrogens with zero attached hydrogens (tertiary/aromatic N) is 1. The van der Waals surface area contributed by atoms with Crippen LogP contribution >= 0.6 is 0 Å². The van der Waals surface area contributed by atoms with Gasteiger partial charge in [-0.25, -0.2) is 0 Å². The zero-order valence-corrected chi connectivity index (χ0v) is 16.1. The topological polar surface area (TPSA) is 70.7 Å². The summed E-state index contributed by atoms with van der Waals surface area (Å²) in [4.78, 5) is 25.4. The average molecular weight is 369 g/mol. The quantitative estimate of drug-likeness (QED) is 0.712. The molecular formula is C21H27N3O3. The minimum absolute atomic E-state index is 0.0566. The zero-order valence-electron chi connectivity index (χ0n) is 16.1. The van der Waals surface area contributed by atoms with Crippen LogP contribution in [0.3, 0.4) is 0 Å². The molecule has 27 heavy (non-hydrogen) atoms. The van der Waals surface area contributed by atoms with E-state index in [1.165, 1.54) is 12.5 Å². The Morgan fingerprint density at radius 2 is 1.56 bits per heavy atom. The second kappa shape index (κ2) is 10.3. The van der Waals surface area contributed by atoms with Crippen LogP contribution in [0.2, 0.25) is 0 Å². The van der Waals surface area contributed by atoms with E-state index in [0.29, 0.717) is 17.9 Å². The molecule has 0 unspecified atom stereocenters. The molecule has 0 bridgehead atoms. The van der Waals surface area contributed by atoms with Crippen molar-refractivity contribution in [1.82, 2.24) is 4.90 Å². The van der Waals surface area contributed by atoms with Gasteiger partial charge in [0.2, 0.25) is 11.8 Å². The number of carbonyl (C=O) groups excluding carboxylic acids is 2. The summed E-state index contributed by atoms with van der Waals surface area (Å²) in [5.41, 5.74) is 2.62. The van der Waals surface area contributed by atoms with Gasteiger partial charge in [0.1, 0.15) is 5.75 Å². The van der Waals surface area contributed by atoms with E-state index in [4.69, 9.17) is 4.74 Å². The molecule has 0 aliphatic carbocycles. The normalized spacial score (nSPS) is 10.5. The Kier molecular flexibility index (Phi) is 7.82. The van der Waals surface area contributed by atoms with E-state index in [9.17, 15) is 9.59 Å². The van der Waals surface area contributed by atoms with Crippen LogP contribution in [0, 0.1) is 0 Å². The van der Waals surface area contributed by atoms with Gasteiger partial charge >= 0.3 is 0 Å². The van der Waals surface area contributed by atoms with Crippen molar-refractivity contribution in [2.45, 2.75) is 20.3 Å². The second-order valence-corrected chi connectivity index (χ2v) is 6.27. The van der Waals surface area contributed by atoms with Crippen molar-refractivity contribution in [3.63, 3.8) is 0 Å². The summed E-state index contributed by atoms with van der Waals surface area (Å²) in [5, 5.41) is 5.59. The molecule has 0 heterocycles. The van der Waals surface area contributed by atoms with Crippen LogP contribution in [-0.4, -0.2) is 43.5 Å². The molecule has 0 atom stereocenters. The number of likely N-dealkylation sites (N-methyl/N-ethyl adjacent to an activating group) is 1. The van der Waals surface area contributed by atoms with Crippen LogP contribution < -0.4 is 15.4 Å². The number of carbonyl (C=O) groups is 2. The highest BCUT2D eigenvalue weighted by atomic mass is 16.5. The number of amides is 2. The molecule has 0 fully saturated rings. The van der Waals surface area contributed by atoms with Crippen LogP contribution in [0.5, 0.6) is 5.75 Å². The van der Waals surface area contributed by atoms with E-state index in [0.717, 1.165) is 25.3 Å². The Labute approximate surface area is 160 Å². The van der Waals surface area contributed by atoms with Crippen molar-refractivity contribution in [3.8, 4) is 5.75 Å². The average Bonchev–Trinajstić information content (AvgIpc) is 2.66. The van der Waals surface area contributed by atoms with Gasteiger partial charge in [0.25, 0.3) is 0 Å². The first-order chi connectivity index (χ1) is 13.0. The third-order valence-corrected chi connectivity index (χ3v) is 4.18. The molecule has 144 valence electrons. The van der Waals surface area contributed by atoms with Crippen LogP contribution in [0.1, 0.15) is 19.4 Å². The van der Waals surface area contributed by atoms with Gasteiger partial charge < -0.3 is 15.4 Å². The summed E-state index contributed by atoms with van der Waals surface area (Å²) in [6.07, 6.45) is 0.872. The number of benzene rings is 2. The Hall–Kier alpha value is -2.86. The maximum atomic E-state index is 12.3. The van der Waals surface area contributed by atoms with E-state index in [1.807, 2.05) is 31.2 Å². The SMILES string of the molecule is CCN(CCc1ccc(OC)cc1)CC(=O)Nc1ccc(NC(C)=O)cc1. The zero-order chi connectivity index (χ0) is 19.6. The molecule has 6 nitrogen and oxygen atoms in total. The molecule has 0 spiro atoms. The van der Waals surface area contributed by atoms with Crippen LogP contribution in [-0.2, 0) is 16.0 Å². The molecule has 2 amide bonds. The van der Waals surface area contributed by atoms with Gasteiger partial charge in [-0.05, 0) is 54.9 Å². The molecule has 6 heteroatoms. The number of methoxy groups -OCH3 is 1. The van der Waals surface area contributed by atoms with E-state index in [2.05, 4.69) is 15.5 Å². The fourth-order valence-corrected chi connectivity index (χ4v) is 2.67. The first kappa shape index (κ1) is 20.5. The minimum Gasteiger partial charge on any atom is -0.497 e. The highest BCUT2D eigenvalue weighted by Crippen LogP contribution is 2.14. The molecule has 0 saturated heterocycles. The standard InChI is InChI=1S/C21H27N3O3/c1-4-24(14-13-17-5-11-20(27-3)12-6-17)15-21(26)23-19-9-7-18(8-10-19)22-16(2)25/h5-12H,4,13-15H2,1-3H3,(H,22,25)(H,23,26). The van der Waals surface area contributed by atoms with Crippen molar-refractivity contribution < 1.29 is 14.3 Å². The summed E-state index contributed by atoms with van der Waals surface area (Å²) in [7, 11) is 1.65. The maximum absolute atomic E-state index is 12.3. The predicted molar refractivity (Wildman–Crippen MR) is 108 cm³/mol. The molecule has 0 radical (unpaired) electrons. The number of nitrogens with one attached hydrogen (secondary N) is 2. The van der Waals surface area contributed by atoms with Gasteiger partial charge in [0, 0.05) is 24.8 Å². The maximum Gasteiger partial charge on any atom is 0.238 e. The predicted octanol–water partition coefficient (Wildman–Crippen LogP) is 3.16. The van der Waals surface area contributed by atoms with E-state index in [1.54, 1.807) is 31.4 Å². The van der Waals surface area contributed by atoms with Crippen molar-refractivity contribution in [2.75, 3.05) is 37.4 Å². The Morgan fingerprint density at radius 1 is 0.963 bits per heavy atom. The minimum atomic E-state index is -0.123. The molecular weight excluding hydrogens is 342 g/mol. The van der Waals surface area contributed by atoms with Gasteiger partial charge in [-0.2, -0.15) is 0 Å². The molecule has 2 rings (SSSR count). The van der Waals surface area contributed by atoms with Crippen molar-refractivity contribution >= 4 is 23.2 Å². The number of rotatable bonds is 9. The number of hydrogen-bond acceptors (Lipinski definition) is 4. The Morgan fingerprint density at radius 3 is 2.07 bits per heavy atom. The van der Waals surface area contributed by atoms with Crippen molar-refractivity contribution in [3.05, 3.63) is 54.1 Å². The molecule has 0 aliphatic rings. The molecule has 0 aromatic heterocycles. The largest absolute Gasteiger partial charge is 0.497 e. The second-order valence-electron chi connectivity index (χ2n) is 6.27.